The van der Waals surface area contributed by atoms with Crippen molar-refractivity contribution in [2.45, 2.75) is 33.1 Å². The summed E-state index contributed by atoms with van der Waals surface area (Å²) in [5.41, 5.74) is 21.5. The van der Waals surface area contributed by atoms with E-state index in [1.807, 2.05) is 6.08 Å². The van der Waals surface area contributed by atoms with E-state index in [1.54, 1.807) is 0 Å². The van der Waals surface area contributed by atoms with Crippen LogP contribution in [0.5, 0.6) is 0 Å². The number of hydrogen-bond acceptors (Lipinski definition) is 1. The number of aryl methyl sites for hydroxylation is 1. The molecule has 2 aliphatic carbocycles. The van der Waals surface area contributed by atoms with Crippen LogP contribution in [-0.2, 0) is 5.41 Å². The molecule has 1 spiro atoms. The summed E-state index contributed by atoms with van der Waals surface area (Å²) in [7, 11) is 0. The molecule has 0 N–H and O–H groups in total. The fraction of sp³-hybridized carbons (Fsp3) is 0.0746. The molecule has 9 aromatic rings. The molecule has 0 saturated carbocycles. The summed E-state index contributed by atoms with van der Waals surface area (Å²) in [5, 5.41) is 4.88. The first kappa shape index (κ1) is 42.4. The van der Waals surface area contributed by atoms with Crippen molar-refractivity contribution in [2.24, 2.45) is 0 Å². The van der Waals surface area contributed by atoms with E-state index in [0.717, 1.165) is 22.6 Å². The molecule has 0 saturated heterocycles. The number of rotatable bonds is 10. The van der Waals surface area contributed by atoms with Gasteiger partial charge in [-0.3, -0.25) is 0 Å². The highest BCUT2D eigenvalue weighted by Gasteiger charge is 2.52. The molecule has 0 aromatic heterocycles. The molecule has 0 fully saturated rings. The van der Waals surface area contributed by atoms with E-state index in [4.69, 9.17) is 0 Å². The largest absolute Gasteiger partial charge is 0.310 e. The second-order valence-corrected chi connectivity index (χ2v) is 18.0. The van der Waals surface area contributed by atoms with Crippen molar-refractivity contribution in [3.05, 3.63) is 287 Å². The smallest absolute Gasteiger partial charge is 0.0726 e. The van der Waals surface area contributed by atoms with E-state index in [-0.39, 0.29) is 0 Å². The fourth-order valence-corrected chi connectivity index (χ4v) is 11.3. The maximum atomic E-state index is 4.05. The molecular weight excluding hydrogens is 819 g/mol. The van der Waals surface area contributed by atoms with E-state index >= 15 is 0 Å². The SMILES string of the molecule is C=C/C=C(\C=C/C)c1ccc(-c2ccc3c(c2)C2(c4ccccc4-c4ccccc42)c2cc(N(C(=C/C=C\C)/C(C)=C/c4ccccc4C)c4ccccc4)c4ccccc4c2-3)c2ccccc12. The Balaban J connectivity index is 1.23. The lowest BCUT2D eigenvalue weighted by Crippen LogP contribution is -2.26. The predicted molar refractivity (Wildman–Crippen MR) is 292 cm³/mol. The molecule has 0 radical (unpaired) electrons. The minimum absolute atomic E-state index is 0.601. The van der Waals surface area contributed by atoms with Crippen molar-refractivity contribution >= 4 is 44.6 Å². The van der Waals surface area contributed by atoms with Crippen LogP contribution in [0.15, 0.2) is 248 Å². The second-order valence-electron chi connectivity index (χ2n) is 18.0. The normalized spacial score (nSPS) is 13.9. The van der Waals surface area contributed by atoms with Gasteiger partial charge in [-0.2, -0.15) is 0 Å². The molecule has 0 unspecified atom stereocenters. The third-order valence-corrected chi connectivity index (χ3v) is 14.2. The lowest BCUT2D eigenvalue weighted by molar-refractivity contribution is 0.794. The number of nitrogens with zero attached hydrogens (tertiary/aromatic N) is 1. The van der Waals surface area contributed by atoms with E-state index in [2.05, 4.69) is 270 Å². The third kappa shape index (κ3) is 6.69. The highest BCUT2D eigenvalue weighted by Crippen LogP contribution is 2.65. The van der Waals surface area contributed by atoms with Gasteiger partial charge in [-0.05, 0) is 164 Å². The van der Waals surface area contributed by atoms with Crippen molar-refractivity contribution in [3.8, 4) is 33.4 Å². The predicted octanol–water partition coefficient (Wildman–Crippen LogP) is 18.2. The number of fused-ring (bicyclic) bond motifs is 13. The molecule has 0 amide bonds. The molecular formula is C67H53N. The van der Waals surface area contributed by atoms with Crippen molar-refractivity contribution < 1.29 is 0 Å². The minimum atomic E-state index is -0.601. The van der Waals surface area contributed by atoms with Gasteiger partial charge in [0, 0.05) is 16.8 Å². The zero-order valence-electron chi connectivity index (χ0n) is 39.2. The van der Waals surface area contributed by atoms with Crippen LogP contribution in [0.25, 0.3) is 66.6 Å². The molecule has 2 aliphatic rings. The lowest BCUT2D eigenvalue weighted by atomic mass is 9.70. The first-order valence-corrected chi connectivity index (χ1v) is 23.8. The summed E-state index contributed by atoms with van der Waals surface area (Å²) in [6.07, 6.45) is 17.2. The summed E-state index contributed by atoms with van der Waals surface area (Å²) in [4.78, 5) is 2.50. The van der Waals surface area contributed by atoms with Crippen molar-refractivity contribution in [1.29, 1.82) is 0 Å². The number of hydrogen-bond donors (Lipinski definition) is 0. The maximum absolute atomic E-state index is 4.05. The van der Waals surface area contributed by atoms with Crippen LogP contribution in [0, 0.1) is 6.92 Å². The molecule has 0 aliphatic heterocycles. The van der Waals surface area contributed by atoms with Gasteiger partial charge in [0.1, 0.15) is 0 Å². The summed E-state index contributed by atoms with van der Waals surface area (Å²) in [6, 6.07) is 70.2. The Morgan fingerprint density at radius 3 is 1.87 bits per heavy atom. The molecule has 68 heavy (non-hydrogen) atoms. The quantitative estimate of drug-likeness (QED) is 0.124. The van der Waals surface area contributed by atoms with Crippen LogP contribution >= 0.6 is 0 Å². The Morgan fingerprint density at radius 1 is 0.529 bits per heavy atom. The van der Waals surface area contributed by atoms with Gasteiger partial charge in [-0.15, -0.1) is 0 Å². The molecule has 9 aromatic carbocycles. The van der Waals surface area contributed by atoms with Gasteiger partial charge >= 0.3 is 0 Å². The zero-order chi connectivity index (χ0) is 46.4. The van der Waals surface area contributed by atoms with Crippen LogP contribution in [0.3, 0.4) is 0 Å². The highest BCUT2D eigenvalue weighted by molar-refractivity contribution is 6.12. The molecule has 1 nitrogen and oxygen atoms in total. The number of benzene rings is 9. The third-order valence-electron chi connectivity index (χ3n) is 14.2. The van der Waals surface area contributed by atoms with Gasteiger partial charge in [0.15, 0.2) is 0 Å². The van der Waals surface area contributed by atoms with Gasteiger partial charge in [-0.1, -0.05) is 207 Å². The average Bonchev–Trinajstić information content (AvgIpc) is 3.85. The molecule has 326 valence electrons. The van der Waals surface area contributed by atoms with Crippen LogP contribution < -0.4 is 4.90 Å². The molecule has 1 heteroatoms. The summed E-state index contributed by atoms with van der Waals surface area (Å²) < 4.78 is 0. The Kier molecular flexibility index (Phi) is 10.9. The number of para-hydroxylation sites is 1. The van der Waals surface area contributed by atoms with Gasteiger partial charge in [-0.25, -0.2) is 0 Å². The van der Waals surface area contributed by atoms with E-state index in [1.165, 1.54) is 99.4 Å². The van der Waals surface area contributed by atoms with Gasteiger partial charge in [0.05, 0.1) is 11.1 Å². The van der Waals surface area contributed by atoms with Gasteiger partial charge in [0.2, 0.25) is 0 Å². The van der Waals surface area contributed by atoms with Crippen LogP contribution in [0.1, 0.15) is 59.7 Å². The molecule has 0 heterocycles. The Bertz CT molecular complexity index is 3580. The van der Waals surface area contributed by atoms with Crippen molar-refractivity contribution in [1.82, 2.24) is 0 Å². The minimum Gasteiger partial charge on any atom is -0.310 e. The van der Waals surface area contributed by atoms with E-state index in [9.17, 15) is 0 Å². The van der Waals surface area contributed by atoms with Gasteiger partial charge < -0.3 is 4.90 Å². The number of anilines is 2. The first-order valence-electron chi connectivity index (χ1n) is 23.8. The molecule has 0 atom stereocenters. The lowest BCUT2D eigenvalue weighted by Gasteiger charge is -2.34. The average molecular weight is 872 g/mol. The van der Waals surface area contributed by atoms with Crippen LogP contribution in [0.2, 0.25) is 0 Å². The molecule has 0 bridgehead atoms. The van der Waals surface area contributed by atoms with E-state index < -0.39 is 5.41 Å². The van der Waals surface area contributed by atoms with Crippen molar-refractivity contribution in [3.63, 3.8) is 0 Å². The first-order chi connectivity index (χ1) is 33.5. The summed E-state index contributed by atoms with van der Waals surface area (Å²) >= 11 is 0. The Hall–Kier alpha value is -8.26. The Labute approximate surface area is 401 Å². The highest BCUT2D eigenvalue weighted by atomic mass is 15.2. The summed E-state index contributed by atoms with van der Waals surface area (Å²) in [5.74, 6) is 0. The zero-order valence-corrected chi connectivity index (χ0v) is 39.2. The number of allylic oxidation sites excluding steroid dienone is 9. The summed E-state index contributed by atoms with van der Waals surface area (Å²) in [6.45, 7) is 12.7. The topological polar surface area (TPSA) is 3.24 Å². The molecule has 11 rings (SSSR count). The van der Waals surface area contributed by atoms with Crippen LogP contribution in [-0.4, -0.2) is 0 Å². The maximum Gasteiger partial charge on any atom is 0.0726 e. The van der Waals surface area contributed by atoms with E-state index in [0.29, 0.717) is 0 Å². The second kappa shape index (κ2) is 17.5. The fourth-order valence-electron chi connectivity index (χ4n) is 11.3. The van der Waals surface area contributed by atoms with Gasteiger partial charge in [0.25, 0.3) is 0 Å². The van der Waals surface area contributed by atoms with Crippen molar-refractivity contribution in [2.75, 3.05) is 4.90 Å². The monoisotopic (exact) mass is 871 g/mol. The Morgan fingerprint density at radius 2 is 1.16 bits per heavy atom. The standard InChI is InChI=1S/C67H53N/c1-6-9-37-64(46(5)42-48-26-14-13-25-45(48)4)68(50-27-11-10-12-28-50)65-44-63-66(58-34-18-17-33-57(58)65)59-39-38-49(52-41-40-51(47(23-7-2)24-8-3)53-29-15-16-30-54(52)53)43-62(59)67(63)60-35-21-19-31-55(60)56-32-20-22-36-61(56)67/h6-44H,2H2,1,3-5H3/b9-6-,24-8-,46-42+,47-23+,64-37+. The van der Waals surface area contributed by atoms with Crippen LogP contribution in [0.4, 0.5) is 11.4 Å².